The second-order valence-corrected chi connectivity index (χ2v) is 14.5. The second-order valence-electron chi connectivity index (χ2n) is 9.24. The largest absolute Gasteiger partial charge is 0.480 e. The van der Waals surface area contributed by atoms with Gasteiger partial charge in [0.15, 0.2) is 0 Å². The zero-order chi connectivity index (χ0) is 31.1. The van der Waals surface area contributed by atoms with Gasteiger partial charge in [-0.2, -0.15) is 8.42 Å². The number of thiazole rings is 1. The number of rotatable bonds is 9. The smallest absolute Gasteiger partial charge is 0.323 e. The highest BCUT2D eigenvalue weighted by Crippen LogP contribution is 2.49. The second kappa shape index (κ2) is 12.3. The van der Waals surface area contributed by atoms with Crippen molar-refractivity contribution in [1.29, 1.82) is 0 Å². The molecular weight excluding hydrogens is 659 g/mol. The van der Waals surface area contributed by atoms with E-state index in [1.165, 1.54) is 17.8 Å². The van der Waals surface area contributed by atoms with E-state index in [1.807, 2.05) is 41.3 Å². The minimum absolute atomic E-state index is 0.0225. The van der Waals surface area contributed by atoms with Crippen LogP contribution in [-0.2, 0) is 31.0 Å². The molecule has 0 unspecified atom stereocenters. The molecule has 224 valence electrons. The molecule has 2 aliphatic rings. The van der Waals surface area contributed by atoms with E-state index in [4.69, 9.17) is 17.3 Å². The number of benzene rings is 2. The van der Waals surface area contributed by atoms with E-state index >= 15 is 0 Å². The minimum Gasteiger partial charge on any atom is -0.480 e. The molecular formula is C26H21N3O9S5. The van der Waals surface area contributed by atoms with Crippen molar-refractivity contribution in [1.82, 2.24) is 9.47 Å². The van der Waals surface area contributed by atoms with Crippen LogP contribution < -0.4 is 19.7 Å². The van der Waals surface area contributed by atoms with E-state index in [-0.39, 0.29) is 31.4 Å². The minimum atomic E-state index is -4.18. The molecule has 1 saturated heterocycles. The third-order valence-corrected chi connectivity index (χ3v) is 10.9. The van der Waals surface area contributed by atoms with Crippen molar-refractivity contribution < 1.29 is 37.6 Å². The van der Waals surface area contributed by atoms with E-state index < -0.39 is 52.4 Å². The summed E-state index contributed by atoms with van der Waals surface area (Å²) in [6.07, 6.45) is 3.28. The summed E-state index contributed by atoms with van der Waals surface area (Å²) >= 11 is 8.22. The quantitative estimate of drug-likeness (QED) is 0.221. The van der Waals surface area contributed by atoms with Crippen LogP contribution in [0.1, 0.15) is 6.42 Å². The van der Waals surface area contributed by atoms with Crippen molar-refractivity contribution in [3.8, 4) is 0 Å². The van der Waals surface area contributed by atoms with Gasteiger partial charge in [-0.15, -0.1) is 11.3 Å². The Balaban J connectivity index is 1.62. The van der Waals surface area contributed by atoms with E-state index in [0.717, 1.165) is 53.9 Å². The Hall–Kier alpha value is -3.48. The van der Waals surface area contributed by atoms with Gasteiger partial charge in [0, 0.05) is 16.8 Å². The molecule has 43 heavy (non-hydrogen) atoms. The van der Waals surface area contributed by atoms with Gasteiger partial charge in [0.2, 0.25) is 0 Å². The van der Waals surface area contributed by atoms with E-state index in [1.54, 1.807) is 6.08 Å². The lowest BCUT2D eigenvalue weighted by Crippen LogP contribution is -2.36. The first kappa shape index (κ1) is 31.0. The fourth-order valence-corrected chi connectivity index (χ4v) is 8.61. The van der Waals surface area contributed by atoms with Crippen LogP contribution in [0.15, 0.2) is 57.2 Å². The number of carbonyl (C=O) groups is 3. The fourth-order valence-electron chi connectivity index (χ4n) is 4.55. The van der Waals surface area contributed by atoms with Gasteiger partial charge >= 0.3 is 11.9 Å². The number of hydrogen-bond acceptors (Lipinski definition) is 11. The molecule has 2 aliphatic heterocycles. The van der Waals surface area contributed by atoms with Crippen LogP contribution in [0, 0.1) is 0 Å². The molecule has 2 aromatic carbocycles. The maximum absolute atomic E-state index is 13.4. The van der Waals surface area contributed by atoms with Crippen LogP contribution in [0.4, 0.5) is 5.69 Å². The van der Waals surface area contributed by atoms with Gasteiger partial charge < -0.3 is 15.1 Å². The molecule has 0 bridgehead atoms. The number of allylic oxidation sites excluding steroid dienone is 1. The maximum atomic E-state index is 13.4. The molecule has 0 saturated carbocycles. The number of thiocarbonyl (C=S) groups is 1. The van der Waals surface area contributed by atoms with Crippen molar-refractivity contribution in [3.63, 3.8) is 0 Å². The fraction of sp³-hybridized carbons (Fsp3) is 0.192. The molecule has 3 aromatic rings. The first-order valence-corrected chi connectivity index (χ1v) is 16.9. The Bertz CT molecular complexity index is 2030. The molecule has 5 rings (SSSR count). The third-order valence-electron chi connectivity index (χ3n) is 6.31. The Morgan fingerprint density at radius 1 is 0.953 bits per heavy atom. The molecule has 1 amide bonds. The summed E-state index contributed by atoms with van der Waals surface area (Å²) < 4.78 is 33.1. The topological polar surface area (TPSA) is 175 Å². The summed E-state index contributed by atoms with van der Waals surface area (Å²) in [5.41, 5.74) is 0.190. The molecule has 0 radical (unpaired) electrons. The average molecular weight is 680 g/mol. The molecule has 0 atom stereocenters. The number of carbonyl (C=O) groups excluding carboxylic acids is 1. The van der Waals surface area contributed by atoms with Gasteiger partial charge in [0.05, 0.1) is 21.0 Å². The molecule has 1 aromatic heterocycles. The lowest BCUT2D eigenvalue weighted by molar-refractivity contribution is -0.140. The number of carboxylic acids is 2. The van der Waals surface area contributed by atoms with Gasteiger partial charge in [-0.25, -0.2) is 0 Å². The normalized spacial score (nSPS) is 17.9. The van der Waals surface area contributed by atoms with E-state index in [9.17, 15) is 37.3 Å². The Kier molecular flexibility index (Phi) is 8.82. The summed E-state index contributed by atoms with van der Waals surface area (Å²) in [6.45, 7) is -1.16. The molecule has 1 fully saturated rings. The van der Waals surface area contributed by atoms with E-state index in [0.29, 0.717) is 5.03 Å². The highest BCUT2D eigenvalue weighted by atomic mass is 32.2. The summed E-state index contributed by atoms with van der Waals surface area (Å²) in [5, 5.41) is 21.2. The number of amides is 1. The lowest BCUT2D eigenvalue weighted by atomic mass is 10.1. The Labute approximate surface area is 261 Å². The van der Waals surface area contributed by atoms with Gasteiger partial charge in [0.25, 0.3) is 21.6 Å². The van der Waals surface area contributed by atoms with Gasteiger partial charge in [-0.05, 0) is 30.0 Å². The molecule has 3 N–H and O–H groups in total. The predicted molar refractivity (Wildman–Crippen MR) is 169 cm³/mol. The third kappa shape index (κ3) is 6.56. The Morgan fingerprint density at radius 2 is 1.67 bits per heavy atom. The van der Waals surface area contributed by atoms with Crippen LogP contribution >= 0.6 is 47.1 Å². The number of carboxylic acid groups (broad SMARTS) is 2. The van der Waals surface area contributed by atoms with E-state index in [2.05, 4.69) is 0 Å². The van der Waals surface area contributed by atoms with Crippen LogP contribution in [-0.4, -0.2) is 73.7 Å². The number of aliphatic carboxylic acids is 2. The van der Waals surface area contributed by atoms with Crippen LogP contribution in [0.5, 0.6) is 0 Å². The SMILES string of the molecule is O=C(O)CN1C(=O)/C(=c2\sc(=CC=C3Sc4ccc5ccccc5c4N3CCCS(=O)(=O)O)c(=O)n2CC(=O)O)SC1=S. The molecule has 12 nitrogen and oxygen atoms in total. The predicted octanol–water partition coefficient (Wildman–Crippen LogP) is 1.71. The lowest BCUT2D eigenvalue weighted by Gasteiger charge is -2.21. The summed E-state index contributed by atoms with van der Waals surface area (Å²) in [5.74, 6) is -3.77. The number of nitrogens with zero attached hydrogens (tertiary/aromatic N) is 3. The van der Waals surface area contributed by atoms with Crippen molar-refractivity contribution in [2.45, 2.75) is 17.9 Å². The molecule has 0 spiro atoms. The van der Waals surface area contributed by atoms with Crippen molar-refractivity contribution in [3.05, 3.63) is 67.1 Å². The number of aromatic nitrogens is 1. The summed E-state index contributed by atoms with van der Waals surface area (Å²) in [6, 6.07) is 11.6. The van der Waals surface area contributed by atoms with Crippen molar-refractivity contribution >= 4 is 107 Å². The standard InChI is InChI=1S/C26H21N3O9S5/c30-19(31)12-28-23(34)17(41-25(28)22-24(35)29(13-20(32)33)26(39)42-22)8-9-18-27(10-3-11-43(36,37)38)21-15-5-2-1-4-14(15)6-7-16(21)40-18/h1-2,4-9H,3,10-13H2,(H,30,31)(H,32,33)(H,36,37,38)/b17-8?,18-9?,25-22+. The number of thioether (sulfide) groups is 2. The first-order valence-electron chi connectivity index (χ1n) is 12.4. The van der Waals surface area contributed by atoms with Crippen LogP contribution in [0.2, 0.25) is 0 Å². The van der Waals surface area contributed by atoms with Crippen LogP contribution in [0.25, 0.3) is 21.8 Å². The van der Waals surface area contributed by atoms with Crippen molar-refractivity contribution in [2.75, 3.05) is 23.7 Å². The first-order chi connectivity index (χ1) is 20.3. The Morgan fingerprint density at radius 3 is 2.37 bits per heavy atom. The molecule has 17 heteroatoms. The summed E-state index contributed by atoms with van der Waals surface area (Å²) in [4.78, 5) is 52.8. The van der Waals surface area contributed by atoms with Gasteiger partial charge in [-0.1, -0.05) is 66.1 Å². The van der Waals surface area contributed by atoms with Crippen LogP contribution in [0.3, 0.4) is 0 Å². The summed E-state index contributed by atoms with van der Waals surface area (Å²) in [7, 11) is -4.18. The number of hydrogen-bond donors (Lipinski definition) is 3. The highest BCUT2D eigenvalue weighted by molar-refractivity contribution is 8.30. The maximum Gasteiger partial charge on any atom is 0.323 e. The van der Waals surface area contributed by atoms with Crippen molar-refractivity contribution in [2.24, 2.45) is 0 Å². The van der Waals surface area contributed by atoms with Gasteiger partial charge in [-0.3, -0.25) is 33.2 Å². The molecule has 0 aliphatic carbocycles. The zero-order valence-corrected chi connectivity index (χ0v) is 25.9. The monoisotopic (exact) mass is 679 g/mol. The zero-order valence-electron chi connectivity index (χ0n) is 21.8. The van der Waals surface area contributed by atoms with Gasteiger partial charge in [0.1, 0.15) is 27.0 Å². The number of anilines is 1. The highest BCUT2D eigenvalue weighted by Gasteiger charge is 2.35. The molecule has 3 heterocycles. The average Bonchev–Trinajstić information content (AvgIpc) is 3.53. The number of fused-ring (bicyclic) bond motifs is 3.